The van der Waals surface area contributed by atoms with Crippen LogP contribution in [0.3, 0.4) is 0 Å². The maximum absolute atomic E-state index is 12.3. The van der Waals surface area contributed by atoms with E-state index in [0.717, 1.165) is 0 Å². The number of carbonyl (C=O) groups excluding carboxylic acids is 2. The summed E-state index contributed by atoms with van der Waals surface area (Å²) in [7, 11) is 0. The Kier molecular flexibility index (Phi) is 11.4. The molecule has 0 rings (SSSR count). The number of carbonyl (C=O) groups is 3. The first-order valence-corrected chi connectivity index (χ1v) is 8.80. The van der Waals surface area contributed by atoms with Gasteiger partial charge < -0.3 is 32.5 Å². The zero-order valence-corrected chi connectivity index (χ0v) is 14.4. The van der Waals surface area contributed by atoms with Gasteiger partial charge in [-0.05, 0) is 31.3 Å². The molecule has 0 aliphatic carbocycles. The van der Waals surface area contributed by atoms with E-state index in [4.69, 9.17) is 22.0 Å². The minimum absolute atomic E-state index is 0.190. The largest absolute Gasteiger partial charge is 0.480 e. The van der Waals surface area contributed by atoms with Gasteiger partial charge >= 0.3 is 5.97 Å². The lowest BCUT2D eigenvalue weighted by Gasteiger charge is -2.21. The number of aliphatic carboxylic acids is 1. The van der Waals surface area contributed by atoms with Crippen LogP contribution in [-0.2, 0) is 14.4 Å². The molecule has 0 spiro atoms. The van der Waals surface area contributed by atoms with E-state index in [0.29, 0.717) is 18.7 Å². The van der Waals surface area contributed by atoms with E-state index < -0.39 is 29.9 Å². The van der Waals surface area contributed by atoms with Crippen molar-refractivity contribution in [1.82, 2.24) is 16.0 Å². The molecule has 11 heteroatoms. The van der Waals surface area contributed by atoms with Gasteiger partial charge in [0, 0.05) is 6.54 Å². The molecule has 2 amide bonds. The lowest BCUT2D eigenvalue weighted by atomic mass is 10.1. The molecule has 0 saturated carbocycles. The van der Waals surface area contributed by atoms with Gasteiger partial charge in [-0.15, -0.1) is 0 Å². The second kappa shape index (κ2) is 12.4. The standard InChI is InChI=1S/C13H26N6O4S/c1-24-6-4-9(12(22)23)19-11(21)8(18-10(20)7-14)3-2-5-17-13(15)16/h8-9H,2-7,14H2,1H3,(H,18,20)(H,19,21)(H,22,23)(H4,15,16,17)/t8-,9-/m0/s1. The average Bonchev–Trinajstić information content (AvgIpc) is 2.53. The molecule has 9 N–H and O–H groups in total. The first-order chi connectivity index (χ1) is 11.3. The number of carboxylic acids is 1. The van der Waals surface area contributed by atoms with Crippen molar-refractivity contribution in [2.75, 3.05) is 25.1 Å². The Labute approximate surface area is 145 Å². The van der Waals surface area contributed by atoms with Crippen molar-refractivity contribution in [2.45, 2.75) is 31.3 Å². The Morgan fingerprint density at radius 1 is 1.21 bits per heavy atom. The SMILES string of the molecule is CSCC[C@H](NC(=O)[C@H](CCCNC(=N)N)NC(=O)CN)C(=O)O. The zero-order chi connectivity index (χ0) is 18.5. The van der Waals surface area contributed by atoms with Crippen LogP contribution < -0.4 is 27.4 Å². The highest BCUT2D eigenvalue weighted by atomic mass is 32.2. The Morgan fingerprint density at radius 3 is 2.38 bits per heavy atom. The minimum Gasteiger partial charge on any atom is -0.480 e. The topological polar surface area (TPSA) is 183 Å². The highest BCUT2D eigenvalue weighted by Crippen LogP contribution is 2.03. The summed E-state index contributed by atoms with van der Waals surface area (Å²) in [5.41, 5.74) is 10.4. The van der Waals surface area contributed by atoms with Crippen LogP contribution in [0.1, 0.15) is 19.3 Å². The number of carboxylic acid groups (broad SMARTS) is 1. The molecule has 0 aliphatic heterocycles. The number of amides is 2. The number of guanidine groups is 1. The van der Waals surface area contributed by atoms with E-state index >= 15 is 0 Å². The molecule has 0 heterocycles. The zero-order valence-electron chi connectivity index (χ0n) is 13.6. The van der Waals surface area contributed by atoms with Crippen LogP contribution in [-0.4, -0.2) is 66.0 Å². The quantitative estimate of drug-likeness (QED) is 0.118. The Bertz CT molecular complexity index is 448. The monoisotopic (exact) mass is 362 g/mol. The van der Waals surface area contributed by atoms with Gasteiger partial charge in [0.2, 0.25) is 11.8 Å². The molecule has 0 aromatic rings. The van der Waals surface area contributed by atoms with Crippen LogP contribution in [0.5, 0.6) is 0 Å². The van der Waals surface area contributed by atoms with Gasteiger partial charge in [0.05, 0.1) is 6.54 Å². The van der Waals surface area contributed by atoms with E-state index in [9.17, 15) is 14.4 Å². The molecule has 10 nitrogen and oxygen atoms in total. The second-order valence-corrected chi connectivity index (χ2v) is 5.97. The second-order valence-electron chi connectivity index (χ2n) is 4.99. The number of thioether (sulfide) groups is 1. The van der Waals surface area contributed by atoms with Gasteiger partial charge in [-0.1, -0.05) is 0 Å². The van der Waals surface area contributed by atoms with Gasteiger partial charge in [0.1, 0.15) is 12.1 Å². The molecule has 0 fully saturated rings. The first-order valence-electron chi connectivity index (χ1n) is 7.41. The maximum Gasteiger partial charge on any atom is 0.326 e. The predicted octanol–water partition coefficient (Wildman–Crippen LogP) is -1.98. The van der Waals surface area contributed by atoms with Gasteiger partial charge in [-0.2, -0.15) is 11.8 Å². The lowest BCUT2D eigenvalue weighted by molar-refractivity contribution is -0.142. The molecule has 0 aromatic heterocycles. The van der Waals surface area contributed by atoms with Crippen LogP contribution in [0, 0.1) is 5.41 Å². The van der Waals surface area contributed by atoms with E-state index in [1.165, 1.54) is 11.8 Å². The van der Waals surface area contributed by atoms with Gasteiger partial charge in [0.15, 0.2) is 5.96 Å². The highest BCUT2D eigenvalue weighted by molar-refractivity contribution is 7.98. The molecule has 0 radical (unpaired) electrons. The van der Waals surface area contributed by atoms with E-state index in [1.807, 2.05) is 6.26 Å². The highest BCUT2D eigenvalue weighted by Gasteiger charge is 2.25. The predicted molar refractivity (Wildman–Crippen MR) is 92.7 cm³/mol. The fourth-order valence-electron chi connectivity index (χ4n) is 1.82. The van der Waals surface area contributed by atoms with Crippen molar-refractivity contribution < 1.29 is 19.5 Å². The van der Waals surface area contributed by atoms with Crippen LogP contribution in [0.4, 0.5) is 0 Å². The van der Waals surface area contributed by atoms with Crippen molar-refractivity contribution in [3.8, 4) is 0 Å². The summed E-state index contributed by atoms with van der Waals surface area (Å²) in [5, 5.41) is 23.7. The molecular formula is C13H26N6O4S. The summed E-state index contributed by atoms with van der Waals surface area (Å²) in [6, 6.07) is -1.91. The fourth-order valence-corrected chi connectivity index (χ4v) is 2.29. The Balaban J connectivity index is 4.71. The number of nitrogens with two attached hydrogens (primary N) is 2. The summed E-state index contributed by atoms with van der Waals surface area (Å²) in [6.45, 7) is 0.0801. The third-order valence-corrected chi connectivity index (χ3v) is 3.69. The number of hydrogen-bond donors (Lipinski definition) is 7. The van der Waals surface area contributed by atoms with Crippen molar-refractivity contribution in [3.05, 3.63) is 0 Å². The molecule has 0 aliphatic rings. The third kappa shape index (κ3) is 9.90. The number of nitrogens with one attached hydrogen (secondary N) is 4. The maximum atomic E-state index is 12.3. The van der Waals surface area contributed by atoms with E-state index in [-0.39, 0.29) is 25.3 Å². The number of rotatable bonds is 12. The molecule has 24 heavy (non-hydrogen) atoms. The summed E-state index contributed by atoms with van der Waals surface area (Å²) < 4.78 is 0. The van der Waals surface area contributed by atoms with E-state index in [2.05, 4.69) is 16.0 Å². The first kappa shape index (κ1) is 22.0. The summed E-state index contributed by atoms with van der Waals surface area (Å²) >= 11 is 1.48. The molecule has 0 saturated heterocycles. The fraction of sp³-hybridized carbons (Fsp3) is 0.692. The third-order valence-electron chi connectivity index (χ3n) is 3.05. The minimum atomic E-state index is -1.13. The van der Waals surface area contributed by atoms with Crippen LogP contribution in [0.15, 0.2) is 0 Å². The van der Waals surface area contributed by atoms with Gasteiger partial charge in [-0.3, -0.25) is 15.0 Å². The molecule has 0 bridgehead atoms. The Morgan fingerprint density at radius 2 is 1.88 bits per heavy atom. The van der Waals surface area contributed by atoms with Gasteiger partial charge in [0.25, 0.3) is 0 Å². The summed E-state index contributed by atoms with van der Waals surface area (Å²) in [6.07, 6.45) is 2.83. The van der Waals surface area contributed by atoms with Crippen molar-refractivity contribution in [3.63, 3.8) is 0 Å². The average molecular weight is 362 g/mol. The van der Waals surface area contributed by atoms with Crippen molar-refractivity contribution in [1.29, 1.82) is 5.41 Å². The van der Waals surface area contributed by atoms with Crippen molar-refractivity contribution in [2.24, 2.45) is 11.5 Å². The molecule has 0 aromatic carbocycles. The lowest BCUT2D eigenvalue weighted by Crippen LogP contribution is -2.52. The number of hydrogen-bond acceptors (Lipinski definition) is 6. The molecule has 2 atom stereocenters. The van der Waals surface area contributed by atoms with Crippen LogP contribution in [0.25, 0.3) is 0 Å². The van der Waals surface area contributed by atoms with Crippen molar-refractivity contribution >= 4 is 35.5 Å². The summed E-state index contributed by atoms with van der Waals surface area (Å²) in [4.78, 5) is 34.9. The summed E-state index contributed by atoms with van der Waals surface area (Å²) in [5.74, 6) is -1.82. The Hall–Kier alpha value is -2.01. The van der Waals surface area contributed by atoms with E-state index in [1.54, 1.807) is 0 Å². The molecule has 138 valence electrons. The molecular weight excluding hydrogens is 336 g/mol. The van der Waals surface area contributed by atoms with Crippen LogP contribution >= 0.6 is 11.8 Å². The van der Waals surface area contributed by atoms with Crippen LogP contribution in [0.2, 0.25) is 0 Å². The smallest absolute Gasteiger partial charge is 0.326 e. The normalized spacial score (nSPS) is 12.8. The molecule has 0 unspecified atom stereocenters. The van der Waals surface area contributed by atoms with Gasteiger partial charge in [-0.25, -0.2) is 4.79 Å².